The summed E-state index contributed by atoms with van der Waals surface area (Å²) in [5, 5.41) is 15.0. The van der Waals surface area contributed by atoms with Crippen molar-refractivity contribution in [3.63, 3.8) is 0 Å². The first-order valence-corrected chi connectivity index (χ1v) is 9.22. The molecule has 0 aliphatic carbocycles. The number of aliphatic hydroxyl groups is 1. The zero-order valence-corrected chi connectivity index (χ0v) is 16.7. The average Bonchev–Trinajstić information content (AvgIpc) is 3.25. The molecule has 1 aromatic carbocycles. The highest BCUT2D eigenvalue weighted by Gasteiger charge is 2.41. The van der Waals surface area contributed by atoms with Crippen LogP contribution in [-0.2, 0) is 10.3 Å². The molecule has 1 saturated heterocycles. The molecule has 144 valence electrons. The zero-order chi connectivity index (χ0) is 19.6. The van der Waals surface area contributed by atoms with E-state index in [1.54, 1.807) is 20.3 Å². The first-order chi connectivity index (χ1) is 12.6. The van der Waals surface area contributed by atoms with Crippen LogP contribution in [0, 0.1) is 0 Å². The highest BCUT2D eigenvalue weighted by atomic mass is 16.5. The summed E-state index contributed by atoms with van der Waals surface area (Å²) in [6, 6.07) is 7.57. The van der Waals surface area contributed by atoms with Gasteiger partial charge in [0, 0.05) is 6.04 Å². The van der Waals surface area contributed by atoms with Crippen molar-refractivity contribution in [1.29, 1.82) is 0 Å². The maximum Gasteiger partial charge on any atom is 0.126 e. The van der Waals surface area contributed by atoms with Gasteiger partial charge in [-0.05, 0) is 61.7 Å². The van der Waals surface area contributed by atoms with Gasteiger partial charge in [-0.25, -0.2) is 0 Å². The second-order valence-corrected chi connectivity index (χ2v) is 5.97. The number of hydrogen-bond acceptors (Lipinski definition) is 4. The van der Waals surface area contributed by atoms with Crippen molar-refractivity contribution in [2.24, 2.45) is 0 Å². The minimum atomic E-state index is -1.08. The van der Waals surface area contributed by atoms with Gasteiger partial charge in [-0.15, -0.1) is 0 Å². The molecule has 1 fully saturated rings. The minimum Gasteiger partial charge on any atom is -0.497 e. The van der Waals surface area contributed by atoms with Crippen LogP contribution in [-0.4, -0.2) is 31.9 Å². The molecule has 0 amide bonds. The number of ether oxygens (including phenoxy) is 2. The molecule has 2 rings (SSSR count). The van der Waals surface area contributed by atoms with Crippen LogP contribution in [0.25, 0.3) is 0 Å². The molecule has 0 spiro atoms. The Bertz CT molecular complexity index is 613. The summed E-state index contributed by atoms with van der Waals surface area (Å²) < 4.78 is 10.4. The summed E-state index contributed by atoms with van der Waals surface area (Å²) in [5.41, 5.74) is 0.616. The van der Waals surface area contributed by atoms with Crippen LogP contribution >= 0.6 is 0 Å². The van der Waals surface area contributed by atoms with Crippen LogP contribution in [0.4, 0.5) is 0 Å². The lowest BCUT2D eigenvalue weighted by molar-refractivity contribution is 0.0400. The Kier molecular flexibility index (Phi) is 9.17. The number of allylic oxidation sites excluding steroid dienone is 3. The van der Waals surface area contributed by atoms with E-state index in [9.17, 15) is 5.11 Å². The Morgan fingerprint density at radius 3 is 2.35 bits per heavy atom. The highest BCUT2D eigenvalue weighted by molar-refractivity contribution is 5.40. The Balaban J connectivity index is 0.00000163. The maximum atomic E-state index is 11.6. The summed E-state index contributed by atoms with van der Waals surface area (Å²) in [6.07, 6.45) is 7.35. The fourth-order valence-electron chi connectivity index (χ4n) is 3.14. The van der Waals surface area contributed by atoms with Gasteiger partial charge in [0.1, 0.15) is 17.1 Å². The van der Waals surface area contributed by atoms with Gasteiger partial charge in [-0.1, -0.05) is 38.6 Å². The molecule has 26 heavy (non-hydrogen) atoms. The lowest BCUT2D eigenvalue weighted by Crippen LogP contribution is -2.46. The van der Waals surface area contributed by atoms with E-state index >= 15 is 0 Å². The maximum absolute atomic E-state index is 11.6. The topological polar surface area (TPSA) is 50.7 Å². The predicted octanol–water partition coefficient (Wildman–Crippen LogP) is 4.32. The monoisotopic (exact) mass is 359 g/mol. The van der Waals surface area contributed by atoms with Gasteiger partial charge >= 0.3 is 0 Å². The average molecular weight is 360 g/mol. The van der Waals surface area contributed by atoms with Crippen LogP contribution in [0.3, 0.4) is 0 Å². The first-order valence-electron chi connectivity index (χ1n) is 9.22. The SMILES string of the molecule is C=C/C(=C\C=C(/C)C(O)(c1ccc(OC)cc1)[C@H]1CCCN1)OC.CC. The number of benzene rings is 1. The highest BCUT2D eigenvalue weighted by Crippen LogP contribution is 2.37. The van der Waals surface area contributed by atoms with Crippen molar-refractivity contribution in [2.45, 2.75) is 45.3 Å². The molecule has 1 heterocycles. The molecule has 1 aliphatic heterocycles. The lowest BCUT2D eigenvalue weighted by Gasteiger charge is -2.36. The third-order valence-electron chi connectivity index (χ3n) is 4.63. The van der Waals surface area contributed by atoms with Crippen molar-refractivity contribution in [3.05, 3.63) is 66.0 Å². The normalized spacial score (nSPS) is 19.8. The van der Waals surface area contributed by atoms with Gasteiger partial charge in [-0.2, -0.15) is 0 Å². The molecule has 0 saturated carbocycles. The standard InChI is InChI=1S/C20H27NO3.C2H6/c1-5-17(23-3)11-8-15(2)20(22,19-7-6-14-21-19)16-9-12-18(24-4)13-10-16;1-2/h5,8-13,19,21-22H,1,6-7,14H2,2-4H3;1-2H3/b15-8+,17-11+;/t19-,20?;/m1./s1. The van der Waals surface area contributed by atoms with Crippen molar-refractivity contribution in [1.82, 2.24) is 5.32 Å². The third-order valence-corrected chi connectivity index (χ3v) is 4.63. The second kappa shape index (κ2) is 10.8. The molecule has 2 atom stereocenters. The van der Waals surface area contributed by atoms with Gasteiger partial charge in [0.05, 0.1) is 14.2 Å². The van der Waals surface area contributed by atoms with Gasteiger partial charge in [0.25, 0.3) is 0 Å². The quantitative estimate of drug-likeness (QED) is 0.562. The van der Waals surface area contributed by atoms with Gasteiger partial charge in [0.15, 0.2) is 0 Å². The van der Waals surface area contributed by atoms with E-state index in [-0.39, 0.29) is 6.04 Å². The van der Waals surface area contributed by atoms with Crippen molar-refractivity contribution in [3.8, 4) is 5.75 Å². The second-order valence-electron chi connectivity index (χ2n) is 5.97. The van der Waals surface area contributed by atoms with Crippen LogP contribution < -0.4 is 10.1 Å². The molecule has 2 N–H and O–H groups in total. The van der Waals surface area contributed by atoms with E-state index in [4.69, 9.17) is 9.47 Å². The smallest absolute Gasteiger partial charge is 0.126 e. The number of hydrogen-bond donors (Lipinski definition) is 2. The van der Waals surface area contributed by atoms with Crippen LogP contribution in [0.2, 0.25) is 0 Å². The molecule has 4 nitrogen and oxygen atoms in total. The van der Waals surface area contributed by atoms with E-state index in [1.165, 1.54) is 0 Å². The number of methoxy groups -OCH3 is 2. The molecular weight excluding hydrogens is 326 g/mol. The molecule has 0 aromatic heterocycles. The van der Waals surface area contributed by atoms with Crippen molar-refractivity contribution >= 4 is 0 Å². The number of rotatable bonds is 7. The molecule has 1 aromatic rings. The van der Waals surface area contributed by atoms with Gasteiger partial charge in [-0.3, -0.25) is 0 Å². The molecule has 0 bridgehead atoms. The fraction of sp³-hybridized carbons (Fsp3) is 0.455. The molecule has 1 unspecified atom stereocenters. The zero-order valence-electron chi connectivity index (χ0n) is 16.7. The van der Waals surface area contributed by atoms with Crippen molar-refractivity contribution < 1.29 is 14.6 Å². The lowest BCUT2D eigenvalue weighted by atomic mass is 9.79. The summed E-state index contributed by atoms with van der Waals surface area (Å²) in [5.74, 6) is 1.43. The molecule has 4 heteroatoms. The summed E-state index contributed by atoms with van der Waals surface area (Å²) in [7, 11) is 3.24. The third kappa shape index (κ3) is 4.99. The van der Waals surface area contributed by atoms with E-state index in [0.29, 0.717) is 5.76 Å². The minimum absolute atomic E-state index is 0.0229. The Morgan fingerprint density at radius 2 is 1.88 bits per heavy atom. The van der Waals surface area contributed by atoms with E-state index in [2.05, 4.69) is 11.9 Å². The van der Waals surface area contributed by atoms with Crippen LogP contribution in [0.5, 0.6) is 5.75 Å². The van der Waals surface area contributed by atoms with Crippen LogP contribution in [0.15, 0.2) is 60.4 Å². The predicted molar refractivity (Wildman–Crippen MR) is 108 cm³/mol. The van der Waals surface area contributed by atoms with Gasteiger partial charge in [0.2, 0.25) is 0 Å². The molecule has 0 radical (unpaired) electrons. The Morgan fingerprint density at radius 1 is 1.23 bits per heavy atom. The molecular formula is C22H33NO3. The Labute approximate surface area is 158 Å². The number of nitrogens with one attached hydrogen (secondary N) is 1. The van der Waals surface area contributed by atoms with Crippen LogP contribution in [0.1, 0.15) is 39.2 Å². The fourth-order valence-corrected chi connectivity index (χ4v) is 3.14. The summed E-state index contributed by atoms with van der Waals surface area (Å²) in [6.45, 7) is 10.6. The molecule has 1 aliphatic rings. The summed E-state index contributed by atoms with van der Waals surface area (Å²) >= 11 is 0. The van der Waals surface area contributed by atoms with E-state index < -0.39 is 5.60 Å². The van der Waals surface area contributed by atoms with E-state index in [0.717, 1.165) is 36.3 Å². The van der Waals surface area contributed by atoms with E-state index in [1.807, 2.05) is 57.2 Å². The van der Waals surface area contributed by atoms with Crippen molar-refractivity contribution in [2.75, 3.05) is 20.8 Å². The summed E-state index contributed by atoms with van der Waals surface area (Å²) in [4.78, 5) is 0. The van der Waals surface area contributed by atoms with Gasteiger partial charge < -0.3 is 19.9 Å². The Hall–Kier alpha value is -2.04. The first kappa shape index (κ1) is 22.0. The largest absolute Gasteiger partial charge is 0.497 e.